The highest BCUT2D eigenvalue weighted by atomic mass is 32.1. The van der Waals surface area contributed by atoms with Crippen LogP contribution in [-0.2, 0) is 9.59 Å². The number of ether oxygens (including phenoxy) is 1. The largest absolute Gasteiger partial charge is 0.497 e. The molecule has 1 N–H and O–H groups in total. The number of rotatable bonds is 7. The molecule has 3 rings (SSSR count). The second-order valence-electron chi connectivity index (χ2n) is 6.89. The van der Waals surface area contributed by atoms with E-state index < -0.39 is 0 Å². The topological polar surface area (TPSA) is 61.9 Å². The molecule has 144 valence electrons. The minimum Gasteiger partial charge on any atom is -0.497 e. The molecular formula is C20H25N3O3S. The average molecular weight is 388 g/mol. The van der Waals surface area contributed by atoms with Crippen molar-refractivity contribution in [2.45, 2.75) is 12.5 Å². The van der Waals surface area contributed by atoms with Crippen molar-refractivity contribution in [3.05, 3.63) is 46.7 Å². The van der Waals surface area contributed by atoms with Crippen LogP contribution in [0.4, 0.5) is 5.69 Å². The summed E-state index contributed by atoms with van der Waals surface area (Å²) in [6.07, 6.45) is 0.230. The number of nitrogens with one attached hydrogen (secondary N) is 1. The number of carbonyl (C=O) groups excluding carboxylic acids is 2. The summed E-state index contributed by atoms with van der Waals surface area (Å²) in [5, 5.41) is 7.16. The molecule has 0 aliphatic carbocycles. The minimum atomic E-state index is -0.339. The molecule has 0 saturated carbocycles. The number of hydrogen-bond acceptors (Lipinski definition) is 5. The van der Waals surface area contributed by atoms with Crippen LogP contribution in [0.2, 0.25) is 0 Å². The van der Waals surface area contributed by atoms with Crippen LogP contribution >= 0.6 is 11.3 Å². The fourth-order valence-corrected chi connectivity index (χ4v) is 4.02. The number of benzene rings is 1. The van der Waals surface area contributed by atoms with Gasteiger partial charge in [0.05, 0.1) is 19.1 Å². The van der Waals surface area contributed by atoms with Crippen LogP contribution in [0.25, 0.3) is 0 Å². The van der Waals surface area contributed by atoms with E-state index in [1.807, 2.05) is 43.7 Å². The Kier molecular flexibility index (Phi) is 6.13. The van der Waals surface area contributed by atoms with Gasteiger partial charge in [0.25, 0.3) is 0 Å². The normalized spacial score (nSPS) is 18.0. The molecule has 7 heteroatoms. The van der Waals surface area contributed by atoms with E-state index in [0.717, 1.165) is 5.69 Å². The van der Waals surface area contributed by atoms with E-state index in [4.69, 9.17) is 4.74 Å². The van der Waals surface area contributed by atoms with Gasteiger partial charge in [-0.05, 0) is 48.6 Å². The predicted molar refractivity (Wildman–Crippen MR) is 107 cm³/mol. The first-order valence-corrected chi connectivity index (χ1v) is 9.84. The smallest absolute Gasteiger partial charge is 0.227 e. The maximum atomic E-state index is 12.7. The number of nitrogens with zero attached hydrogens (tertiary/aromatic N) is 2. The monoisotopic (exact) mass is 387 g/mol. The lowest BCUT2D eigenvalue weighted by molar-refractivity contribution is -0.126. The maximum absolute atomic E-state index is 12.7. The Morgan fingerprint density at radius 3 is 2.89 bits per heavy atom. The Morgan fingerprint density at radius 2 is 2.22 bits per heavy atom. The van der Waals surface area contributed by atoms with Crippen LogP contribution in [0.15, 0.2) is 41.1 Å². The second kappa shape index (κ2) is 8.54. The molecule has 1 fully saturated rings. The van der Waals surface area contributed by atoms with E-state index in [1.54, 1.807) is 23.3 Å². The fourth-order valence-electron chi connectivity index (χ4n) is 3.32. The van der Waals surface area contributed by atoms with Gasteiger partial charge < -0.3 is 19.9 Å². The van der Waals surface area contributed by atoms with Crippen molar-refractivity contribution >= 4 is 28.8 Å². The highest BCUT2D eigenvalue weighted by Crippen LogP contribution is 2.28. The SMILES string of the molecule is COc1cccc(N2CC(C(=O)NCC(c3ccsc3)N(C)C)CC2=O)c1. The van der Waals surface area contributed by atoms with Gasteiger partial charge in [0.2, 0.25) is 11.8 Å². The summed E-state index contributed by atoms with van der Waals surface area (Å²) in [6.45, 7) is 0.912. The van der Waals surface area contributed by atoms with E-state index in [9.17, 15) is 9.59 Å². The Morgan fingerprint density at radius 1 is 1.41 bits per heavy atom. The van der Waals surface area contributed by atoms with Crippen LogP contribution in [0.3, 0.4) is 0 Å². The van der Waals surface area contributed by atoms with Crippen molar-refractivity contribution in [3.8, 4) is 5.75 Å². The highest BCUT2D eigenvalue weighted by molar-refractivity contribution is 7.07. The number of anilines is 1. The van der Waals surface area contributed by atoms with Gasteiger partial charge in [0.1, 0.15) is 5.75 Å². The summed E-state index contributed by atoms with van der Waals surface area (Å²) in [5.74, 6) is 0.244. The van der Waals surface area contributed by atoms with E-state index in [2.05, 4.69) is 21.7 Å². The van der Waals surface area contributed by atoms with Gasteiger partial charge in [0.15, 0.2) is 0 Å². The van der Waals surface area contributed by atoms with Crippen LogP contribution in [-0.4, -0.2) is 51.0 Å². The lowest BCUT2D eigenvalue weighted by Crippen LogP contribution is -2.38. The Labute approximate surface area is 163 Å². The molecule has 27 heavy (non-hydrogen) atoms. The summed E-state index contributed by atoms with van der Waals surface area (Å²) in [6, 6.07) is 9.55. The lowest BCUT2D eigenvalue weighted by atomic mass is 10.1. The number of hydrogen-bond donors (Lipinski definition) is 1. The molecule has 1 aliphatic heterocycles. The molecule has 2 amide bonds. The van der Waals surface area contributed by atoms with Gasteiger partial charge in [0, 0.05) is 31.3 Å². The molecule has 2 atom stereocenters. The van der Waals surface area contributed by atoms with Crippen molar-refractivity contribution in [2.24, 2.45) is 5.92 Å². The van der Waals surface area contributed by atoms with Gasteiger partial charge in [-0.25, -0.2) is 0 Å². The maximum Gasteiger partial charge on any atom is 0.227 e. The number of amides is 2. The average Bonchev–Trinajstić information content (AvgIpc) is 3.31. The number of carbonyl (C=O) groups is 2. The molecule has 1 saturated heterocycles. The molecule has 0 radical (unpaired) electrons. The van der Waals surface area contributed by atoms with Crippen molar-refractivity contribution in [1.29, 1.82) is 0 Å². The van der Waals surface area contributed by atoms with Gasteiger partial charge >= 0.3 is 0 Å². The van der Waals surface area contributed by atoms with Crippen LogP contribution in [0.5, 0.6) is 5.75 Å². The summed E-state index contributed by atoms with van der Waals surface area (Å²) in [7, 11) is 5.59. The minimum absolute atomic E-state index is 0.0367. The predicted octanol–water partition coefficient (Wildman–Crippen LogP) is 2.53. The van der Waals surface area contributed by atoms with Gasteiger partial charge in [-0.3, -0.25) is 9.59 Å². The quantitative estimate of drug-likeness (QED) is 0.793. The zero-order valence-electron chi connectivity index (χ0n) is 15.8. The third kappa shape index (κ3) is 4.48. The van der Waals surface area contributed by atoms with Crippen LogP contribution in [0.1, 0.15) is 18.0 Å². The van der Waals surface area contributed by atoms with Gasteiger partial charge in [-0.15, -0.1) is 0 Å². The molecule has 0 bridgehead atoms. The molecule has 6 nitrogen and oxygen atoms in total. The molecular weight excluding hydrogens is 362 g/mol. The fraction of sp³-hybridized carbons (Fsp3) is 0.400. The Balaban J connectivity index is 1.62. The van der Waals surface area contributed by atoms with E-state index in [1.165, 1.54) is 5.56 Å². The lowest BCUT2D eigenvalue weighted by Gasteiger charge is -2.24. The third-order valence-electron chi connectivity index (χ3n) is 4.88. The van der Waals surface area contributed by atoms with Gasteiger partial charge in [-0.2, -0.15) is 11.3 Å². The number of likely N-dealkylation sites (N-methyl/N-ethyl adjacent to an activating group) is 1. The van der Waals surface area contributed by atoms with E-state index in [0.29, 0.717) is 18.8 Å². The Bertz CT molecular complexity index is 792. The number of methoxy groups -OCH3 is 1. The van der Waals surface area contributed by atoms with Crippen molar-refractivity contribution in [1.82, 2.24) is 10.2 Å². The van der Waals surface area contributed by atoms with E-state index >= 15 is 0 Å². The Hall–Kier alpha value is -2.38. The molecule has 1 aromatic carbocycles. The first kappa shape index (κ1) is 19.4. The van der Waals surface area contributed by atoms with Crippen molar-refractivity contribution in [3.63, 3.8) is 0 Å². The van der Waals surface area contributed by atoms with E-state index in [-0.39, 0.29) is 30.2 Å². The van der Waals surface area contributed by atoms with Crippen molar-refractivity contribution in [2.75, 3.05) is 39.2 Å². The first-order chi connectivity index (χ1) is 13.0. The standard InChI is InChI=1S/C20H25N3O3S/c1-22(2)18(14-7-8-27-13-14)11-21-20(25)15-9-19(24)23(12-15)16-5-4-6-17(10-16)26-3/h4-8,10,13,15,18H,9,11-12H2,1-3H3,(H,21,25). The van der Waals surface area contributed by atoms with Crippen LogP contribution < -0.4 is 15.0 Å². The molecule has 2 unspecified atom stereocenters. The summed E-state index contributed by atoms with van der Waals surface area (Å²) in [4.78, 5) is 28.8. The molecule has 1 aromatic heterocycles. The zero-order chi connectivity index (χ0) is 19.4. The molecule has 2 heterocycles. The van der Waals surface area contributed by atoms with Crippen LogP contribution in [0, 0.1) is 5.92 Å². The second-order valence-corrected chi connectivity index (χ2v) is 7.67. The van der Waals surface area contributed by atoms with Crippen molar-refractivity contribution < 1.29 is 14.3 Å². The molecule has 0 spiro atoms. The summed E-state index contributed by atoms with van der Waals surface area (Å²) >= 11 is 1.65. The zero-order valence-corrected chi connectivity index (χ0v) is 16.7. The molecule has 2 aromatic rings. The number of thiophene rings is 1. The highest BCUT2D eigenvalue weighted by Gasteiger charge is 2.35. The third-order valence-corrected chi connectivity index (χ3v) is 5.58. The summed E-state index contributed by atoms with van der Waals surface area (Å²) < 4.78 is 5.23. The summed E-state index contributed by atoms with van der Waals surface area (Å²) in [5.41, 5.74) is 1.95. The van der Waals surface area contributed by atoms with Gasteiger partial charge in [-0.1, -0.05) is 6.07 Å². The molecule has 1 aliphatic rings. The first-order valence-electron chi connectivity index (χ1n) is 8.90.